The molecule has 19 heavy (non-hydrogen) atoms. The van der Waals surface area contributed by atoms with E-state index in [1.54, 1.807) is 0 Å². The molecule has 1 amide bonds. The number of hydrogen-bond donors (Lipinski definition) is 2. The molecule has 0 saturated heterocycles. The van der Waals surface area contributed by atoms with Crippen LogP contribution < -0.4 is 5.73 Å². The highest BCUT2D eigenvalue weighted by atomic mass is 19.4. The van der Waals surface area contributed by atoms with E-state index in [0.717, 1.165) is 24.3 Å². The summed E-state index contributed by atoms with van der Waals surface area (Å²) in [6.45, 7) is 2.72. The Bertz CT molecular complexity index is 449. The Labute approximate surface area is 108 Å². The van der Waals surface area contributed by atoms with Gasteiger partial charge in [0.25, 0.3) is 0 Å². The largest absolute Gasteiger partial charge is 0.438 e. The Morgan fingerprint density at radius 3 is 2.05 bits per heavy atom. The van der Waals surface area contributed by atoms with Crippen LogP contribution in [0.2, 0.25) is 0 Å². The molecule has 0 heterocycles. The van der Waals surface area contributed by atoms with Gasteiger partial charge < -0.3 is 15.6 Å². The maximum atomic E-state index is 12.4. The molecule has 0 spiro atoms. The van der Waals surface area contributed by atoms with Crippen molar-refractivity contribution in [2.45, 2.75) is 31.7 Å². The van der Waals surface area contributed by atoms with Gasteiger partial charge >= 0.3 is 12.3 Å². The number of rotatable bonds is 3. The molecule has 0 radical (unpaired) electrons. The molecule has 0 saturated carbocycles. The third-order valence-corrected chi connectivity index (χ3v) is 2.42. The van der Waals surface area contributed by atoms with Gasteiger partial charge in [0.1, 0.15) is 5.60 Å². The molecule has 1 atom stereocenters. The third kappa shape index (κ3) is 4.13. The first-order chi connectivity index (χ1) is 8.51. The maximum absolute atomic E-state index is 12.4. The third-order valence-electron chi connectivity index (χ3n) is 2.42. The van der Waals surface area contributed by atoms with Gasteiger partial charge in [-0.3, -0.25) is 0 Å². The van der Waals surface area contributed by atoms with Gasteiger partial charge in [0, 0.05) is 0 Å². The van der Waals surface area contributed by atoms with Gasteiger partial charge in [0.05, 0.1) is 5.56 Å². The number of carbonyl (C=O) groups is 1. The van der Waals surface area contributed by atoms with E-state index < -0.39 is 29.5 Å². The molecule has 1 aromatic carbocycles. The summed E-state index contributed by atoms with van der Waals surface area (Å²) in [5, 5.41) is 9.85. The second kappa shape index (κ2) is 5.08. The number of alkyl halides is 3. The highest BCUT2D eigenvalue weighted by molar-refractivity contribution is 5.65. The van der Waals surface area contributed by atoms with E-state index in [1.807, 2.05) is 0 Å². The molecule has 3 N–H and O–H groups in total. The molecule has 0 aliphatic rings. The minimum Gasteiger partial charge on any atom is -0.438 e. The summed E-state index contributed by atoms with van der Waals surface area (Å²) < 4.78 is 42.0. The Morgan fingerprint density at radius 2 is 1.74 bits per heavy atom. The zero-order valence-electron chi connectivity index (χ0n) is 10.4. The number of halogens is 3. The quantitative estimate of drug-likeness (QED) is 0.892. The fraction of sp³-hybridized carbons (Fsp3) is 0.417. The van der Waals surface area contributed by atoms with Crippen molar-refractivity contribution >= 4 is 6.09 Å². The summed E-state index contributed by atoms with van der Waals surface area (Å²) >= 11 is 0. The fourth-order valence-corrected chi connectivity index (χ4v) is 1.58. The first-order valence-corrected chi connectivity index (χ1v) is 5.37. The zero-order chi connectivity index (χ0) is 14.8. The Balaban J connectivity index is 3.08. The number of aliphatic hydroxyl groups is 1. The number of amides is 1. The topological polar surface area (TPSA) is 72.6 Å². The van der Waals surface area contributed by atoms with Crippen LogP contribution in [0.1, 0.15) is 31.1 Å². The molecule has 4 nitrogen and oxygen atoms in total. The van der Waals surface area contributed by atoms with Gasteiger partial charge in [-0.05, 0) is 31.5 Å². The summed E-state index contributed by atoms with van der Waals surface area (Å²) in [6.07, 6.45) is -6.72. The smallest absolute Gasteiger partial charge is 0.416 e. The lowest BCUT2D eigenvalue weighted by Gasteiger charge is -2.28. The van der Waals surface area contributed by atoms with Crippen LogP contribution in [0, 0.1) is 0 Å². The monoisotopic (exact) mass is 277 g/mol. The predicted octanol–water partition coefficient (Wildman–Crippen LogP) is 2.61. The molecule has 7 heteroatoms. The van der Waals surface area contributed by atoms with E-state index in [1.165, 1.54) is 13.8 Å². The van der Waals surface area contributed by atoms with Crippen LogP contribution in [-0.2, 0) is 10.9 Å². The lowest BCUT2D eigenvalue weighted by molar-refractivity contribution is -0.137. The van der Waals surface area contributed by atoms with Crippen molar-refractivity contribution in [2.75, 3.05) is 0 Å². The van der Waals surface area contributed by atoms with Crippen LogP contribution in [0.4, 0.5) is 18.0 Å². The number of benzene rings is 1. The van der Waals surface area contributed by atoms with E-state index in [-0.39, 0.29) is 5.56 Å². The van der Waals surface area contributed by atoms with Gasteiger partial charge in [0.15, 0.2) is 6.10 Å². The summed E-state index contributed by atoms with van der Waals surface area (Å²) in [5.74, 6) is 0. The molecule has 0 aromatic heterocycles. The first kappa shape index (κ1) is 15.3. The van der Waals surface area contributed by atoms with Crippen molar-refractivity contribution in [1.29, 1.82) is 0 Å². The summed E-state index contributed by atoms with van der Waals surface area (Å²) in [4.78, 5) is 10.8. The molecule has 106 valence electrons. The van der Waals surface area contributed by atoms with Crippen molar-refractivity contribution in [1.82, 2.24) is 0 Å². The van der Waals surface area contributed by atoms with Crippen LogP contribution in [0.5, 0.6) is 0 Å². The van der Waals surface area contributed by atoms with Crippen molar-refractivity contribution in [2.24, 2.45) is 5.73 Å². The van der Waals surface area contributed by atoms with Crippen LogP contribution in [0.25, 0.3) is 0 Å². The Morgan fingerprint density at radius 1 is 1.26 bits per heavy atom. The van der Waals surface area contributed by atoms with Crippen molar-refractivity contribution < 1.29 is 27.8 Å². The molecule has 1 rings (SSSR count). The Kier molecular flexibility index (Phi) is 4.09. The van der Waals surface area contributed by atoms with E-state index in [9.17, 15) is 23.1 Å². The molecule has 0 fully saturated rings. The standard InChI is InChI=1S/C12H14F3NO3/c1-11(2,18)9(19-10(16)17)7-3-5-8(6-4-7)12(13,14)15/h3-6,9,18H,1-2H3,(H2,16,17). The van der Waals surface area contributed by atoms with Crippen LogP contribution >= 0.6 is 0 Å². The Hall–Kier alpha value is -1.76. The highest BCUT2D eigenvalue weighted by Gasteiger charge is 2.34. The van der Waals surface area contributed by atoms with Crippen LogP contribution in [0.3, 0.4) is 0 Å². The molecular formula is C12H14F3NO3. The second-order valence-electron chi connectivity index (χ2n) is 4.59. The van der Waals surface area contributed by atoms with E-state index in [0.29, 0.717) is 0 Å². The number of primary amides is 1. The van der Waals surface area contributed by atoms with Gasteiger partial charge in [-0.25, -0.2) is 4.79 Å². The first-order valence-electron chi connectivity index (χ1n) is 5.37. The molecule has 0 bridgehead atoms. The van der Waals surface area contributed by atoms with Gasteiger partial charge in [-0.2, -0.15) is 13.2 Å². The van der Waals surface area contributed by atoms with Gasteiger partial charge in [-0.15, -0.1) is 0 Å². The van der Waals surface area contributed by atoms with Crippen molar-refractivity contribution in [3.63, 3.8) is 0 Å². The van der Waals surface area contributed by atoms with E-state index in [2.05, 4.69) is 0 Å². The van der Waals surface area contributed by atoms with E-state index >= 15 is 0 Å². The van der Waals surface area contributed by atoms with Crippen LogP contribution in [-0.4, -0.2) is 16.8 Å². The number of hydrogen-bond acceptors (Lipinski definition) is 3. The minimum absolute atomic E-state index is 0.222. The lowest BCUT2D eigenvalue weighted by Crippen LogP contribution is -2.34. The van der Waals surface area contributed by atoms with Crippen molar-refractivity contribution in [3.05, 3.63) is 35.4 Å². The second-order valence-corrected chi connectivity index (χ2v) is 4.59. The minimum atomic E-state index is -4.45. The number of ether oxygens (including phenoxy) is 1. The summed E-state index contributed by atoms with van der Waals surface area (Å²) in [7, 11) is 0. The SMILES string of the molecule is CC(C)(O)C(OC(N)=O)c1ccc(C(F)(F)F)cc1. The number of nitrogens with two attached hydrogens (primary N) is 1. The average Bonchev–Trinajstić information content (AvgIpc) is 2.23. The van der Waals surface area contributed by atoms with Gasteiger partial charge in [0.2, 0.25) is 0 Å². The fourth-order valence-electron chi connectivity index (χ4n) is 1.58. The molecule has 1 aromatic rings. The average molecular weight is 277 g/mol. The van der Waals surface area contributed by atoms with E-state index in [4.69, 9.17) is 10.5 Å². The zero-order valence-corrected chi connectivity index (χ0v) is 10.4. The normalized spacial score (nSPS) is 14.0. The molecule has 1 unspecified atom stereocenters. The number of carbonyl (C=O) groups excluding carboxylic acids is 1. The summed E-state index contributed by atoms with van der Waals surface area (Å²) in [5.41, 5.74) is 2.79. The molecule has 0 aliphatic heterocycles. The van der Waals surface area contributed by atoms with Gasteiger partial charge in [-0.1, -0.05) is 12.1 Å². The highest BCUT2D eigenvalue weighted by Crippen LogP contribution is 2.33. The lowest BCUT2D eigenvalue weighted by atomic mass is 9.94. The maximum Gasteiger partial charge on any atom is 0.416 e. The summed E-state index contributed by atoms with van der Waals surface area (Å²) in [6, 6.07) is 3.96. The van der Waals surface area contributed by atoms with Crippen molar-refractivity contribution in [3.8, 4) is 0 Å². The molecular weight excluding hydrogens is 263 g/mol. The predicted molar refractivity (Wildman–Crippen MR) is 61.2 cm³/mol. The molecule has 0 aliphatic carbocycles. The van der Waals surface area contributed by atoms with Crippen LogP contribution in [0.15, 0.2) is 24.3 Å².